The summed E-state index contributed by atoms with van der Waals surface area (Å²) >= 11 is 1.18. The fourth-order valence-electron chi connectivity index (χ4n) is 3.99. The molecule has 8 heteroatoms. The smallest absolute Gasteiger partial charge is 0.296 e. The molecule has 1 aliphatic rings. The second-order valence-corrected chi connectivity index (χ2v) is 8.81. The van der Waals surface area contributed by atoms with Crippen LogP contribution in [0.2, 0.25) is 0 Å². The molecule has 0 bridgehead atoms. The van der Waals surface area contributed by atoms with Crippen molar-refractivity contribution in [2.45, 2.75) is 6.04 Å². The van der Waals surface area contributed by atoms with Crippen molar-refractivity contribution in [3.8, 4) is 5.75 Å². The van der Waals surface area contributed by atoms with Gasteiger partial charge in [-0.3, -0.25) is 14.5 Å². The van der Waals surface area contributed by atoms with E-state index in [0.717, 1.165) is 10.3 Å². The van der Waals surface area contributed by atoms with Crippen molar-refractivity contribution in [2.24, 2.45) is 0 Å². The van der Waals surface area contributed by atoms with Crippen LogP contribution < -0.4 is 9.64 Å². The first kappa shape index (κ1) is 22.5. The minimum atomic E-state index is -1.18. The van der Waals surface area contributed by atoms with Crippen molar-refractivity contribution < 1.29 is 23.8 Å². The molecule has 5 rings (SSSR count). The lowest BCUT2D eigenvalue weighted by Crippen LogP contribution is -2.31. The molecular weight excluding hydrogens is 467 g/mol. The lowest BCUT2D eigenvalue weighted by atomic mass is 9.95. The SMILES string of the molecule is COc1ccc2nc(N3C(=O)C(O)=C(C(=O)C=Cc4ccccc4)C3c3ccccc3F)sc2c1. The second-order valence-electron chi connectivity index (χ2n) is 7.80. The van der Waals surface area contributed by atoms with E-state index in [1.807, 2.05) is 30.3 Å². The van der Waals surface area contributed by atoms with Gasteiger partial charge in [-0.1, -0.05) is 65.9 Å². The highest BCUT2D eigenvalue weighted by Gasteiger charge is 2.46. The predicted molar refractivity (Wildman–Crippen MR) is 133 cm³/mol. The number of hydrogen-bond donors (Lipinski definition) is 1. The van der Waals surface area contributed by atoms with Crippen LogP contribution in [0.15, 0.2) is 90.2 Å². The number of carbonyl (C=O) groups is 2. The zero-order chi connectivity index (χ0) is 24.5. The fraction of sp³-hybridized carbons (Fsp3) is 0.0741. The van der Waals surface area contributed by atoms with Gasteiger partial charge in [0.05, 0.1) is 22.9 Å². The molecule has 1 unspecified atom stereocenters. The number of allylic oxidation sites excluding steroid dienone is 1. The fourth-order valence-corrected chi connectivity index (χ4v) is 5.01. The van der Waals surface area contributed by atoms with Gasteiger partial charge in [-0.2, -0.15) is 0 Å². The predicted octanol–water partition coefficient (Wildman–Crippen LogP) is 5.63. The van der Waals surface area contributed by atoms with Crippen LogP contribution in [-0.2, 0) is 9.59 Å². The normalized spacial score (nSPS) is 16.0. The Balaban J connectivity index is 1.62. The van der Waals surface area contributed by atoms with Crippen LogP contribution >= 0.6 is 11.3 Å². The van der Waals surface area contributed by atoms with Crippen LogP contribution in [0.1, 0.15) is 17.2 Å². The Kier molecular flexibility index (Phi) is 5.88. The molecule has 0 spiro atoms. The highest BCUT2D eigenvalue weighted by atomic mass is 32.1. The first-order valence-electron chi connectivity index (χ1n) is 10.7. The van der Waals surface area contributed by atoms with E-state index < -0.39 is 29.3 Å². The highest BCUT2D eigenvalue weighted by Crippen LogP contribution is 2.44. The molecule has 0 radical (unpaired) electrons. The lowest BCUT2D eigenvalue weighted by Gasteiger charge is -2.24. The number of rotatable bonds is 6. The van der Waals surface area contributed by atoms with E-state index in [1.54, 1.807) is 37.5 Å². The van der Waals surface area contributed by atoms with Gasteiger partial charge in [0.1, 0.15) is 17.6 Å². The van der Waals surface area contributed by atoms with Gasteiger partial charge in [-0.15, -0.1) is 0 Å². The molecule has 174 valence electrons. The maximum Gasteiger partial charge on any atom is 0.296 e. The summed E-state index contributed by atoms with van der Waals surface area (Å²) in [4.78, 5) is 32.2. The minimum Gasteiger partial charge on any atom is -0.503 e. The quantitative estimate of drug-likeness (QED) is 0.358. The third-order valence-electron chi connectivity index (χ3n) is 5.69. The summed E-state index contributed by atoms with van der Waals surface area (Å²) in [7, 11) is 1.55. The molecule has 35 heavy (non-hydrogen) atoms. The summed E-state index contributed by atoms with van der Waals surface area (Å²) < 4.78 is 21.0. The van der Waals surface area contributed by atoms with Gasteiger partial charge >= 0.3 is 0 Å². The molecule has 0 saturated carbocycles. The molecule has 1 N–H and O–H groups in total. The number of ether oxygens (including phenoxy) is 1. The Morgan fingerprint density at radius 2 is 1.86 bits per heavy atom. The van der Waals surface area contributed by atoms with Crippen LogP contribution in [0.5, 0.6) is 5.75 Å². The molecule has 1 amide bonds. The maximum atomic E-state index is 15.0. The van der Waals surface area contributed by atoms with Crippen LogP contribution in [-0.4, -0.2) is 28.9 Å². The Morgan fingerprint density at radius 3 is 2.60 bits per heavy atom. The number of aliphatic hydroxyl groups is 1. The Morgan fingerprint density at radius 1 is 1.11 bits per heavy atom. The van der Waals surface area contributed by atoms with Crippen molar-refractivity contribution >= 4 is 44.5 Å². The number of fused-ring (bicyclic) bond motifs is 1. The standard InChI is InChI=1S/C27H19FN2O4S/c1-34-17-12-13-20-22(15-17)35-27(29-20)30-24(18-9-5-6-10-19(18)28)23(25(32)26(30)33)21(31)14-11-16-7-3-2-4-8-16/h2-15,24,32H,1H3. The molecular formula is C27H19FN2O4S. The van der Waals surface area contributed by atoms with Crippen LogP contribution in [0.4, 0.5) is 9.52 Å². The number of carbonyl (C=O) groups excluding carboxylic acids is 2. The van der Waals surface area contributed by atoms with Crippen LogP contribution in [0, 0.1) is 5.82 Å². The Labute approximate surface area is 204 Å². The number of benzene rings is 3. The van der Waals surface area contributed by atoms with E-state index in [0.29, 0.717) is 11.3 Å². The zero-order valence-electron chi connectivity index (χ0n) is 18.5. The summed E-state index contributed by atoms with van der Waals surface area (Å²) in [6.45, 7) is 0. The van der Waals surface area contributed by atoms with Crippen molar-refractivity contribution in [2.75, 3.05) is 12.0 Å². The number of ketones is 1. The first-order chi connectivity index (χ1) is 17.0. The summed E-state index contributed by atoms with van der Waals surface area (Å²) in [5.41, 5.74) is 1.25. The van der Waals surface area contributed by atoms with Crippen molar-refractivity contribution in [1.82, 2.24) is 4.98 Å². The third-order valence-corrected chi connectivity index (χ3v) is 6.71. The number of hydrogen-bond acceptors (Lipinski definition) is 6. The van der Waals surface area contributed by atoms with Crippen LogP contribution in [0.3, 0.4) is 0 Å². The molecule has 0 fully saturated rings. The van der Waals surface area contributed by atoms with E-state index in [-0.39, 0.29) is 16.3 Å². The number of aromatic nitrogens is 1. The van der Waals surface area contributed by atoms with Gasteiger partial charge in [0.25, 0.3) is 5.91 Å². The van der Waals surface area contributed by atoms with Crippen molar-refractivity contribution in [3.05, 3.63) is 107 Å². The average molecular weight is 487 g/mol. The maximum absolute atomic E-state index is 15.0. The number of thiazole rings is 1. The first-order valence-corrected chi connectivity index (χ1v) is 11.5. The number of halogens is 1. The number of nitrogens with zero attached hydrogens (tertiary/aromatic N) is 2. The zero-order valence-corrected chi connectivity index (χ0v) is 19.3. The van der Waals surface area contributed by atoms with E-state index in [4.69, 9.17) is 4.74 Å². The third kappa shape index (κ3) is 4.08. The largest absolute Gasteiger partial charge is 0.503 e. The summed E-state index contributed by atoms with van der Waals surface area (Å²) in [6.07, 6.45) is 2.85. The molecule has 0 aliphatic carbocycles. The summed E-state index contributed by atoms with van der Waals surface area (Å²) in [6, 6.07) is 19.1. The molecule has 2 heterocycles. The number of aliphatic hydroxyl groups excluding tert-OH is 1. The van der Waals surface area contributed by atoms with Gasteiger partial charge in [0.15, 0.2) is 16.7 Å². The molecule has 1 aliphatic heterocycles. The highest BCUT2D eigenvalue weighted by molar-refractivity contribution is 7.22. The monoisotopic (exact) mass is 486 g/mol. The average Bonchev–Trinajstić information content (AvgIpc) is 3.41. The molecule has 1 aromatic heterocycles. The number of anilines is 1. The minimum absolute atomic E-state index is 0.0817. The van der Waals surface area contributed by atoms with Crippen molar-refractivity contribution in [1.29, 1.82) is 0 Å². The molecule has 6 nitrogen and oxygen atoms in total. The van der Waals surface area contributed by atoms with E-state index in [1.165, 1.54) is 40.5 Å². The van der Waals surface area contributed by atoms with E-state index in [9.17, 15) is 19.1 Å². The Bertz CT molecular complexity index is 1510. The molecule has 1 atom stereocenters. The number of amides is 1. The van der Waals surface area contributed by atoms with Crippen molar-refractivity contribution in [3.63, 3.8) is 0 Å². The molecule has 3 aromatic carbocycles. The summed E-state index contributed by atoms with van der Waals surface area (Å²) in [5, 5.41) is 11.0. The lowest BCUT2D eigenvalue weighted by molar-refractivity contribution is -0.117. The van der Waals surface area contributed by atoms with Gasteiger partial charge in [0, 0.05) is 5.56 Å². The Hall–Kier alpha value is -4.30. The van der Waals surface area contributed by atoms with Crippen LogP contribution in [0.25, 0.3) is 16.3 Å². The molecule has 0 saturated heterocycles. The molecule has 4 aromatic rings. The van der Waals surface area contributed by atoms with E-state index >= 15 is 0 Å². The summed E-state index contributed by atoms with van der Waals surface area (Å²) in [5.74, 6) is -2.13. The van der Waals surface area contributed by atoms with Gasteiger partial charge < -0.3 is 9.84 Å². The van der Waals surface area contributed by atoms with Gasteiger partial charge in [-0.25, -0.2) is 9.37 Å². The van der Waals surface area contributed by atoms with Gasteiger partial charge in [-0.05, 0) is 35.9 Å². The topological polar surface area (TPSA) is 79.7 Å². The number of methoxy groups -OCH3 is 1. The second kappa shape index (κ2) is 9.15. The van der Waals surface area contributed by atoms with E-state index in [2.05, 4.69) is 4.98 Å². The van der Waals surface area contributed by atoms with Gasteiger partial charge in [0.2, 0.25) is 0 Å².